The summed E-state index contributed by atoms with van der Waals surface area (Å²) < 4.78 is 1.56. The van der Waals surface area contributed by atoms with Crippen molar-refractivity contribution in [1.29, 1.82) is 0 Å². The van der Waals surface area contributed by atoms with E-state index in [9.17, 15) is 4.79 Å². The van der Waals surface area contributed by atoms with E-state index < -0.39 is 0 Å². The van der Waals surface area contributed by atoms with Crippen LogP contribution in [0, 0.1) is 0 Å². The van der Waals surface area contributed by atoms with Crippen LogP contribution in [0.5, 0.6) is 0 Å². The monoisotopic (exact) mass is 322 g/mol. The zero-order valence-corrected chi connectivity index (χ0v) is 13.3. The lowest BCUT2D eigenvalue weighted by molar-refractivity contribution is 0.0616. The maximum Gasteiger partial charge on any atom is 0.254 e. The Hall–Kier alpha value is -1.99. The molecule has 7 nitrogen and oxygen atoms in total. The standard InChI is InChI=1S/C14H18N6O.ClH/c1-10-8-19(11(2)7-15-10)14(21)12-3-5-13(6-4-12)20-9-16-17-18-20;/h3-6,9-11,15H,7-8H2,1-2H3;1H. The summed E-state index contributed by atoms with van der Waals surface area (Å²) in [6, 6.07) is 7.86. The summed E-state index contributed by atoms with van der Waals surface area (Å²) in [6.45, 7) is 5.71. The molecule has 1 aliphatic heterocycles. The molecule has 0 spiro atoms. The van der Waals surface area contributed by atoms with Gasteiger partial charge in [0, 0.05) is 30.7 Å². The third-order valence-corrected chi connectivity index (χ3v) is 3.75. The number of rotatable bonds is 2. The fourth-order valence-electron chi connectivity index (χ4n) is 2.51. The van der Waals surface area contributed by atoms with E-state index in [0.717, 1.165) is 18.8 Å². The molecule has 118 valence electrons. The Kier molecular flexibility index (Phi) is 5.10. The van der Waals surface area contributed by atoms with Crippen molar-refractivity contribution in [3.8, 4) is 5.69 Å². The molecule has 1 saturated heterocycles. The first kappa shape index (κ1) is 16.4. The summed E-state index contributed by atoms with van der Waals surface area (Å²) in [7, 11) is 0. The number of hydrogen-bond donors (Lipinski definition) is 1. The van der Waals surface area contributed by atoms with Crippen molar-refractivity contribution in [2.75, 3.05) is 13.1 Å². The maximum absolute atomic E-state index is 12.6. The van der Waals surface area contributed by atoms with Crippen LogP contribution in [0.2, 0.25) is 0 Å². The number of hydrogen-bond acceptors (Lipinski definition) is 5. The Morgan fingerprint density at radius 3 is 2.64 bits per heavy atom. The predicted molar refractivity (Wildman–Crippen MR) is 84.4 cm³/mol. The van der Waals surface area contributed by atoms with Crippen LogP contribution >= 0.6 is 12.4 Å². The van der Waals surface area contributed by atoms with E-state index in [0.29, 0.717) is 11.6 Å². The average molecular weight is 323 g/mol. The first-order valence-electron chi connectivity index (χ1n) is 7.03. The number of nitrogens with zero attached hydrogens (tertiary/aromatic N) is 5. The molecular formula is C14H19ClN6O. The second-order valence-corrected chi connectivity index (χ2v) is 5.42. The number of carbonyl (C=O) groups excluding carboxylic acids is 1. The molecule has 2 heterocycles. The van der Waals surface area contributed by atoms with Gasteiger partial charge in [-0.3, -0.25) is 4.79 Å². The van der Waals surface area contributed by atoms with Crippen molar-refractivity contribution >= 4 is 18.3 Å². The average Bonchev–Trinajstić information content (AvgIpc) is 3.03. The van der Waals surface area contributed by atoms with E-state index in [2.05, 4.69) is 34.7 Å². The van der Waals surface area contributed by atoms with Crippen molar-refractivity contribution in [3.05, 3.63) is 36.2 Å². The Morgan fingerprint density at radius 2 is 2.00 bits per heavy atom. The molecule has 1 aromatic heterocycles. The summed E-state index contributed by atoms with van der Waals surface area (Å²) in [5, 5.41) is 14.4. The van der Waals surface area contributed by atoms with Crippen LogP contribution in [0.25, 0.3) is 5.69 Å². The Bertz CT molecular complexity index is 615. The fourth-order valence-corrected chi connectivity index (χ4v) is 2.51. The van der Waals surface area contributed by atoms with Gasteiger partial charge in [0.15, 0.2) is 0 Å². The van der Waals surface area contributed by atoms with Crippen LogP contribution in [0.1, 0.15) is 24.2 Å². The van der Waals surface area contributed by atoms with Crippen molar-refractivity contribution in [3.63, 3.8) is 0 Å². The van der Waals surface area contributed by atoms with Gasteiger partial charge in [0.25, 0.3) is 5.91 Å². The zero-order chi connectivity index (χ0) is 14.8. The first-order valence-corrected chi connectivity index (χ1v) is 7.03. The van der Waals surface area contributed by atoms with E-state index in [1.54, 1.807) is 4.68 Å². The molecule has 2 aromatic rings. The van der Waals surface area contributed by atoms with Gasteiger partial charge in [-0.25, -0.2) is 4.68 Å². The Morgan fingerprint density at radius 1 is 1.27 bits per heavy atom. The van der Waals surface area contributed by atoms with Gasteiger partial charge in [-0.05, 0) is 48.5 Å². The minimum atomic E-state index is 0. The second-order valence-electron chi connectivity index (χ2n) is 5.42. The van der Waals surface area contributed by atoms with Crippen molar-refractivity contribution in [1.82, 2.24) is 30.4 Å². The highest BCUT2D eigenvalue weighted by Gasteiger charge is 2.27. The highest BCUT2D eigenvalue weighted by Crippen LogP contribution is 2.14. The van der Waals surface area contributed by atoms with Crippen LogP contribution < -0.4 is 5.32 Å². The molecule has 2 atom stereocenters. The van der Waals surface area contributed by atoms with E-state index in [1.165, 1.54) is 6.33 Å². The van der Waals surface area contributed by atoms with Crippen LogP contribution in [0.3, 0.4) is 0 Å². The van der Waals surface area contributed by atoms with Crippen molar-refractivity contribution in [2.45, 2.75) is 25.9 Å². The number of amides is 1. The number of nitrogens with one attached hydrogen (secondary N) is 1. The summed E-state index contributed by atoms with van der Waals surface area (Å²) >= 11 is 0. The van der Waals surface area contributed by atoms with E-state index in [-0.39, 0.29) is 24.4 Å². The number of halogens is 1. The van der Waals surface area contributed by atoms with Gasteiger partial charge in [-0.15, -0.1) is 17.5 Å². The molecule has 1 aliphatic rings. The predicted octanol–water partition coefficient (Wildman–Crippen LogP) is 0.906. The number of piperazine rings is 1. The quantitative estimate of drug-likeness (QED) is 0.889. The van der Waals surface area contributed by atoms with Crippen LogP contribution in [-0.4, -0.2) is 56.2 Å². The minimum Gasteiger partial charge on any atom is -0.333 e. The molecular weight excluding hydrogens is 304 g/mol. The third-order valence-electron chi connectivity index (χ3n) is 3.75. The van der Waals surface area contributed by atoms with Gasteiger partial charge >= 0.3 is 0 Å². The summed E-state index contributed by atoms with van der Waals surface area (Å²) in [4.78, 5) is 14.5. The molecule has 1 N–H and O–H groups in total. The molecule has 0 aliphatic carbocycles. The molecule has 22 heavy (non-hydrogen) atoms. The highest BCUT2D eigenvalue weighted by atomic mass is 35.5. The zero-order valence-electron chi connectivity index (χ0n) is 12.5. The van der Waals surface area contributed by atoms with Crippen LogP contribution in [0.4, 0.5) is 0 Å². The molecule has 1 fully saturated rings. The third kappa shape index (κ3) is 3.26. The summed E-state index contributed by atoms with van der Waals surface area (Å²) in [5.74, 6) is 0.0686. The number of benzene rings is 1. The van der Waals surface area contributed by atoms with Crippen LogP contribution in [-0.2, 0) is 0 Å². The second kappa shape index (κ2) is 6.85. The van der Waals surface area contributed by atoms with Gasteiger partial charge in [-0.1, -0.05) is 0 Å². The fraction of sp³-hybridized carbons (Fsp3) is 0.429. The normalized spacial score (nSPS) is 21.3. The lowest BCUT2D eigenvalue weighted by atomic mass is 10.1. The first-order chi connectivity index (χ1) is 10.1. The minimum absolute atomic E-state index is 0. The van der Waals surface area contributed by atoms with E-state index in [1.807, 2.05) is 29.2 Å². The largest absolute Gasteiger partial charge is 0.333 e. The van der Waals surface area contributed by atoms with Gasteiger partial charge in [0.2, 0.25) is 0 Å². The molecule has 1 aromatic carbocycles. The maximum atomic E-state index is 12.6. The Labute approximate surface area is 135 Å². The topological polar surface area (TPSA) is 75.9 Å². The van der Waals surface area contributed by atoms with Gasteiger partial charge < -0.3 is 10.2 Å². The number of tetrazole rings is 1. The molecule has 1 amide bonds. The van der Waals surface area contributed by atoms with Crippen LogP contribution in [0.15, 0.2) is 30.6 Å². The van der Waals surface area contributed by atoms with Crippen molar-refractivity contribution in [2.24, 2.45) is 0 Å². The van der Waals surface area contributed by atoms with Crippen molar-refractivity contribution < 1.29 is 4.79 Å². The molecule has 2 unspecified atom stereocenters. The highest BCUT2D eigenvalue weighted by molar-refractivity contribution is 5.94. The lowest BCUT2D eigenvalue weighted by Gasteiger charge is -2.37. The van der Waals surface area contributed by atoms with Gasteiger partial charge in [-0.2, -0.15) is 0 Å². The SMILES string of the molecule is CC1CN(C(=O)c2ccc(-n3cnnn3)cc2)C(C)CN1.Cl. The molecule has 0 radical (unpaired) electrons. The van der Waals surface area contributed by atoms with Gasteiger partial charge in [0.1, 0.15) is 6.33 Å². The van der Waals surface area contributed by atoms with E-state index >= 15 is 0 Å². The molecule has 3 rings (SSSR count). The summed E-state index contributed by atoms with van der Waals surface area (Å²) in [6.07, 6.45) is 1.52. The Balaban J connectivity index is 0.00000176. The molecule has 8 heteroatoms. The number of carbonyl (C=O) groups is 1. The summed E-state index contributed by atoms with van der Waals surface area (Å²) in [5.41, 5.74) is 1.52. The smallest absolute Gasteiger partial charge is 0.254 e. The van der Waals surface area contributed by atoms with E-state index in [4.69, 9.17) is 0 Å². The lowest BCUT2D eigenvalue weighted by Crippen LogP contribution is -2.56. The van der Waals surface area contributed by atoms with Gasteiger partial charge in [0.05, 0.1) is 5.69 Å². The number of aromatic nitrogens is 4. The molecule has 0 saturated carbocycles. The molecule has 0 bridgehead atoms.